The molecule has 1 aromatic rings. The standard InChI is InChI=1S/C15H20N2O5S/c1-10-8-12-9-13(5-6-14(12)17(10)11(2)18)23(21,22)16-7-3-4-15(19)20/h5-6,9-10,16H,3-4,7-8H2,1-2H3,(H,19,20). The predicted molar refractivity (Wildman–Crippen MR) is 84.8 cm³/mol. The summed E-state index contributed by atoms with van der Waals surface area (Å²) < 4.78 is 26.9. The van der Waals surface area contributed by atoms with Gasteiger partial charge in [-0.2, -0.15) is 0 Å². The van der Waals surface area contributed by atoms with Gasteiger partial charge in [-0.05, 0) is 43.5 Å². The summed E-state index contributed by atoms with van der Waals surface area (Å²) in [6.07, 6.45) is 0.754. The number of nitrogens with zero attached hydrogens (tertiary/aromatic N) is 1. The Morgan fingerprint density at radius 2 is 2.09 bits per heavy atom. The lowest BCUT2D eigenvalue weighted by Crippen LogP contribution is -2.33. The molecule has 7 nitrogen and oxygen atoms in total. The molecule has 0 spiro atoms. The second kappa shape index (κ2) is 6.67. The van der Waals surface area contributed by atoms with Crippen LogP contribution in [0.5, 0.6) is 0 Å². The number of hydrogen-bond donors (Lipinski definition) is 2. The van der Waals surface area contributed by atoms with E-state index in [-0.39, 0.29) is 36.2 Å². The third-order valence-electron chi connectivity index (χ3n) is 3.78. The summed E-state index contributed by atoms with van der Waals surface area (Å²) in [5.41, 5.74) is 1.57. The van der Waals surface area contributed by atoms with E-state index in [2.05, 4.69) is 4.72 Å². The number of carbonyl (C=O) groups excluding carboxylic acids is 1. The molecule has 23 heavy (non-hydrogen) atoms. The fraction of sp³-hybridized carbons (Fsp3) is 0.467. The Morgan fingerprint density at radius 1 is 1.39 bits per heavy atom. The Labute approximate surface area is 135 Å². The van der Waals surface area contributed by atoms with Crippen LogP contribution in [0.25, 0.3) is 0 Å². The fourth-order valence-electron chi connectivity index (χ4n) is 2.78. The summed E-state index contributed by atoms with van der Waals surface area (Å²) in [6.45, 7) is 3.47. The van der Waals surface area contributed by atoms with E-state index in [1.165, 1.54) is 13.0 Å². The van der Waals surface area contributed by atoms with E-state index in [1.54, 1.807) is 17.0 Å². The van der Waals surface area contributed by atoms with E-state index in [0.29, 0.717) is 6.42 Å². The van der Waals surface area contributed by atoms with Crippen molar-refractivity contribution in [3.8, 4) is 0 Å². The van der Waals surface area contributed by atoms with Crippen LogP contribution in [0, 0.1) is 0 Å². The topological polar surface area (TPSA) is 104 Å². The number of nitrogens with one attached hydrogen (secondary N) is 1. The van der Waals surface area contributed by atoms with Gasteiger partial charge in [0.1, 0.15) is 0 Å². The second-order valence-electron chi connectivity index (χ2n) is 5.63. The van der Waals surface area contributed by atoms with Crippen LogP contribution >= 0.6 is 0 Å². The average Bonchev–Trinajstić information content (AvgIpc) is 2.78. The summed E-state index contributed by atoms with van der Waals surface area (Å²) in [7, 11) is -3.68. The van der Waals surface area contributed by atoms with Gasteiger partial charge in [0.25, 0.3) is 0 Å². The molecule has 126 valence electrons. The number of rotatable bonds is 6. The van der Waals surface area contributed by atoms with Gasteiger partial charge in [-0.3, -0.25) is 9.59 Å². The number of anilines is 1. The molecule has 1 amide bonds. The number of sulfonamides is 1. The largest absolute Gasteiger partial charge is 0.481 e. The number of benzene rings is 1. The number of amides is 1. The Kier molecular flexibility index (Phi) is 5.06. The summed E-state index contributed by atoms with van der Waals surface area (Å²) in [6, 6.07) is 4.69. The summed E-state index contributed by atoms with van der Waals surface area (Å²) in [5, 5.41) is 8.55. The van der Waals surface area contributed by atoms with Crippen molar-refractivity contribution in [1.29, 1.82) is 0 Å². The summed E-state index contributed by atoms with van der Waals surface area (Å²) >= 11 is 0. The average molecular weight is 340 g/mol. The van der Waals surface area contributed by atoms with E-state index in [0.717, 1.165) is 11.3 Å². The van der Waals surface area contributed by atoms with E-state index in [9.17, 15) is 18.0 Å². The maximum atomic E-state index is 12.2. The molecule has 0 fully saturated rings. The van der Waals surface area contributed by atoms with Crippen molar-refractivity contribution in [3.05, 3.63) is 23.8 Å². The van der Waals surface area contributed by atoms with Gasteiger partial charge in [-0.25, -0.2) is 13.1 Å². The maximum absolute atomic E-state index is 12.2. The molecular formula is C15H20N2O5S. The molecule has 1 unspecified atom stereocenters. The molecule has 2 rings (SSSR count). The van der Waals surface area contributed by atoms with E-state index < -0.39 is 16.0 Å². The third-order valence-corrected chi connectivity index (χ3v) is 5.23. The minimum atomic E-state index is -3.68. The molecular weight excluding hydrogens is 320 g/mol. The van der Waals surface area contributed by atoms with Crippen LogP contribution in [0.2, 0.25) is 0 Å². The first-order chi connectivity index (χ1) is 10.7. The lowest BCUT2D eigenvalue weighted by molar-refractivity contribution is -0.137. The van der Waals surface area contributed by atoms with E-state index >= 15 is 0 Å². The first-order valence-electron chi connectivity index (χ1n) is 7.36. The first-order valence-corrected chi connectivity index (χ1v) is 8.85. The number of aliphatic carboxylic acids is 1. The monoisotopic (exact) mass is 340 g/mol. The molecule has 0 saturated heterocycles. The van der Waals surface area contributed by atoms with Gasteiger partial charge in [-0.15, -0.1) is 0 Å². The van der Waals surface area contributed by atoms with Crippen molar-refractivity contribution in [2.75, 3.05) is 11.4 Å². The first kappa shape index (κ1) is 17.4. The summed E-state index contributed by atoms with van der Waals surface area (Å²) in [4.78, 5) is 23.9. The predicted octanol–water partition coefficient (Wildman–Crippen LogP) is 1.13. The Morgan fingerprint density at radius 3 is 2.70 bits per heavy atom. The van der Waals surface area contributed by atoms with Crippen LogP contribution in [0.4, 0.5) is 5.69 Å². The zero-order chi connectivity index (χ0) is 17.2. The molecule has 0 aliphatic carbocycles. The number of carbonyl (C=O) groups is 2. The van der Waals surface area contributed by atoms with Crippen molar-refractivity contribution in [1.82, 2.24) is 4.72 Å². The normalized spacial score (nSPS) is 17.1. The zero-order valence-electron chi connectivity index (χ0n) is 13.1. The van der Waals surface area contributed by atoms with Crippen LogP contribution in [-0.4, -0.2) is 38.0 Å². The SMILES string of the molecule is CC(=O)N1c2ccc(S(=O)(=O)NCCCC(=O)O)cc2CC1C. The van der Waals surface area contributed by atoms with Gasteiger partial charge in [0, 0.05) is 31.6 Å². The molecule has 0 bridgehead atoms. The highest BCUT2D eigenvalue weighted by Gasteiger charge is 2.30. The van der Waals surface area contributed by atoms with Crippen molar-refractivity contribution in [2.45, 2.75) is 44.0 Å². The molecule has 0 radical (unpaired) electrons. The summed E-state index contributed by atoms with van der Waals surface area (Å²) in [5.74, 6) is -1.03. The quantitative estimate of drug-likeness (QED) is 0.756. The minimum Gasteiger partial charge on any atom is -0.481 e. The minimum absolute atomic E-state index is 0.00369. The number of carboxylic acid groups (broad SMARTS) is 1. The van der Waals surface area contributed by atoms with Crippen molar-refractivity contribution in [2.24, 2.45) is 0 Å². The molecule has 2 N–H and O–H groups in total. The molecule has 1 aliphatic heterocycles. The number of hydrogen-bond acceptors (Lipinski definition) is 4. The van der Waals surface area contributed by atoms with Crippen LogP contribution < -0.4 is 9.62 Å². The van der Waals surface area contributed by atoms with Crippen LogP contribution in [0.15, 0.2) is 23.1 Å². The molecule has 1 atom stereocenters. The van der Waals surface area contributed by atoms with Gasteiger partial charge in [0.05, 0.1) is 4.90 Å². The zero-order valence-corrected chi connectivity index (χ0v) is 13.9. The highest BCUT2D eigenvalue weighted by atomic mass is 32.2. The van der Waals surface area contributed by atoms with Crippen molar-refractivity contribution in [3.63, 3.8) is 0 Å². The Balaban J connectivity index is 2.15. The van der Waals surface area contributed by atoms with Crippen molar-refractivity contribution >= 4 is 27.6 Å². The van der Waals surface area contributed by atoms with Crippen molar-refractivity contribution < 1.29 is 23.1 Å². The lowest BCUT2D eigenvalue weighted by atomic mass is 10.1. The third kappa shape index (κ3) is 3.89. The highest BCUT2D eigenvalue weighted by molar-refractivity contribution is 7.89. The van der Waals surface area contributed by atoms with Gasteiger partial charge in [-0.1, -0.05) is 0 Å². The molecule has 1 heterocycles. The van der Waals surface area contributed by atoms with Gasteiger partial charge in [0.2, 0.25) is 15.9 Å². The molecule has 1 aromatic carbocycles. The molecule has 0 saturated carbocycles. The molecule has 8 heteroatoms. The Bertz CT molecular complexity index is 729. The number of carboxylic acids is 1. The van der Waals surface area contributed by atoms with Crippen LogP contribution in [0.1, 0.15) is 32.3 Å². The second-order valence-corrected chi connectivity index (χ2v) is 7.39. The Hall–Kier alpha value is -1.93. The van der Waals surface area contributed by atoms with Gasteiger partial charge < -0.3 is 10.0 Å². The van der Waals surface area contributed by atoms with Gasteiger partial charge >= 0.3 is 5.97 Å². The smallest absolute Gasteiger partial charge is 0.303 e. The lowest BCUT2D eigenvalue weighted by Gasteiger charge is -2.20. The fourth-order valence-corrected chi connectivity index (χ4v) is 3.91. The van der Waals surface area contributed by atoms with E-state index in [4.69, 9.17) is 5.11 Å². The van der Waals surface area contributed by atoms with E-state index in [1.807, 2.05) is 6.92 Å². The number of fused-ring (bicyclic) bond motifs is 1. The highest BCUT2D eigenvalue weighted by Crippen LogP contribution is 2.33. The maximum Gasteiger partial charge on any atom is 0.303 e. The molecule has 1 aliphatic rings. The van der Waals surface area contributed by atoms with Crippen LogP contribution in [0.3, 0.4) is 0 Å². The van der Waals surface area contributed by atoms with Crippen LogP contribution in [-0.2, 0) is 26.0 Å². The molecule has 0 aromatic heterocycles. The van der Waals surface area contributed by atoms with Gasteiger partial charge in [0.15, 0.2) is 0 Å².